The van der Waals surface area contributed by atoms with Crippen LogP contribution in [0.1, 0.15) is 23.6 Å². The van der Waals surface area contributed by atoms with E-state index in [1.54, 1.807) is 26.0 Å². The highest BCUT2D eigenvalue weighted by molar-refractivity contribution is 5.81. The molecule has 0 bridgehead atoms. The first kappa shape index (κ1) is 20.8. The third kappa shape index (κ3) is 5.99. The fraction of sp³-hybridized carbons (Fsp3) is 0.350. The lowest BCUT2D eigenvalue weighted by atomic mass is 10.1. The van der Waals surface area contributed by atoms with Crippen molar-refractivity contribution in [3.63, 3.8) is 0 Å². The van der Waals surface area contributed by atoms with Gasteiger partial charge >= 0.3 is 6.18 Å². The molecule has 27 heavy (non-hydrogen) atoms. The molecule has 2 aromatic rings. The molecule has 0 aliphatic rings. The van der Waals surface area contributed by atoms with E-state index >= 15 is 0 Å². The van der Waals surface area contributed by atoms with Gasteiger partial charge in [-0.2, -0.15) is 13.2 Å². The number of carbonyl (C=O) groups excluding carboxylic acids is 1. The van der Waals surface area contributed by atoms with E-state index in [0.29, 0.717) is 18.7 Å². The number of methoxy groups -OCH3 is 1. The average Bonchev–Trinajstić information content (AvgIpc) is 2.65. The molecule has 1 amide bonds. The standard InChI is InChI=1S/C20H23F3N2O2/c1-14(19(26)24-12-15-6-10-18(27-3)11-7-15)25(2)13-16-4-8-17(9-5-16)20(21,22)23/h4-11,14H,12-13H2,1-3H3,(H,24,26)/t14-/m1/s1. The zero-order valence-electron chi connectivity index (χ0n) is 15.5. The van der Waals surface area contributed by atoms with Gasteiger partial charge in [0.2, 0.25) is 5.91 Å². The Morgan fingerprint density at radius 2 is 1.63 bits per heavy atom. The number of amides is 1. The Bertz CT molecular complexity index is 743. The SMILES string of the molecule is COc1ccc(CNC(=O)[C@@H](C)N(C)Cc2ccc(C(F)(F)F)cc2)cc1. The lowest BCUT2D eigenvalue weighted by molar-refractivity contribution is -0.137. The largest absolute Gasteiger partial charge is 0.497 e. The van der Waals surface area contributed by atoms with Crippen molar-refractivity contribution in [3.8, 4) is 5.75 Å². The minimum atomic E-state index is -4.35. The van der Waals surface area contributed by atoms with Gasteiger partial charge in [0, 0.05) is 13.1 Å². The molecular formula is C20H23F3N2O2. The summed E-state index contributed by atoms with van der Waals surface area (Å²) in [5, 5.41) is 2.86. The Labute approximate surface area is 156 Å². The second kappa shape index (κ2) is 8.90. The van der Waals surface area contributed by atoms with Crippen molar-refractivity contribution >= 4 is 5.91 Å². The van der Waals surface area contributed by atoms with E-state index in [-0.39, 0.29) is 5.91 Å². The number of hydrogen-bond acceptors (Lipinski definition) is 3. The van der Waals surface area contributed by atoms with Crippen molar-refractivity contribution in [3.05, 3.63) is 65.2 Å². The summed E-state index contributed by atoms with van der Waals surface area (Å²) < 4.78 is 42.9. The molecule has 0 aliphatic carbocycles. The fourth-order valence-corrected chi connectivity index (χ4v) is 2.50. The zero-order valence-corrected chi connectivity index (χ0v) is 15.5. The molecule has 146 valence electrons. The molecule has 0 saturated carbocycles. The Hall–Kier alpha value is -2.54. The van der Waals surface area contributed by atoms with Crippen molar-refractivity contribution < 1.29 is 22.7 Å². The maximum atomic E-state index is 12.6. The first-order valence-corrected chi connectivity index (χ1v) is 8.47. The molecule has 0 saturated heterocycles. The van der Waals surface area contributed by atoms with Crippen LogP contribution in [0.3, 0.4) is 0 Å². The van der Waals surface area contributed by atoms with Crippen LogP contribution >= 0.6 is 0 Å². The molecule has 0 heterocycles. The molecule has 1 atom stereocenters. The van der Waals surface area contributed by atoms with Gasteiger partial charge in [-0.05, 0) is 49.4 Å². The molecule has 2 rings (SSSR count). The second-order valence-corrected chi connectivity index (χ2v) is 6.35. The van der Waals surface area contributed by atoms with Gasteiger partial charge in [-0.3, -0.25) is 9.69 Å². The molecule has 0 radical (unpaired) electrons. The number of rotatable bonds is 7. The van der Waals surface area contributed by atoms with Crippen LogP contribution < -0.4 is 10.1 Å². The molecule has 0 unspecified atom stereocenters. The number of hydrogen-bond donors (Lipinski definition) is 1. The zero-order chi connectivity index (χ0) is 20.0. The van der Waals surface area contributed by atoms with Gasteiger partial charge in [-0.1, -0.05) is 24.3 Å². The maximum absolute atomic E-state index is 12.6. The van der Waals surface area contributed by atoms with E-state index in [9.17, 15) is 18.0 Å². The van der Waals surface area contributed by atoms with Gasteiger partial charge in [-0.25, -0.2) is 0 Å². The van der Waals surface area contributed by atoms with Crippen LogP contribution in [0, 0.1) is 0 Å². The molecule has 1 N–H and O–H groups in total. The Kier molecular flexibility index (Phi) is 6.85. The van der Waals surface area contributed by atoms with Crippen molar-refractivity contribution in [2.75, 3.05) is 14.2 Å². The molecule has 7 heteroatoms. The van der Waals surface area contributed by atoms with Crippen molar-refractivity contribution in [2.45, 2.75) is 32.2 Å². The lowest BCUT2D eigenvalue weighted by Gasteiger charge is -2.24. The molecule has 2 aromatic carbocycles. The molecule has 0 fully saturated rings. The van der Waals surface area contributed by atoms with Crippen LogP contribution in [0.25, 0.3) is 0 Å². The summed E-state index contributed by atoms with van der Waals surface area (Å²) in [4.78, 5) is 14.1. The van der Waals surface area contributed by atoms with E-state index in [1.165, 1.54) is 12.1 Å². The van der Waals surface area contributed by atoms with Crippen LogP contribution in [-0.2, 0) is 24.1 Å². The number of carbonyl (C=O) groups is 1. The number of ether oxygens (including phenoxy) is 1. The molecular weight excluding hydrogens is 357 g/mol. The maximum Gasteiger partial charge on any atom is 0.416 e. The third-order valence-corrected chi connectivity index (χ3v) is 4.38. The summed E-state index contributed by atoms with van der Waals surface area (Å²) in [6.07, 6.45) is -4.35. The first-order valence-electron chi connectivity index (χ1n) is 8.47. The highest BCUT2D eigenvalue weighted by atomic mass is 19.4. The summed E-state index contributed by atoms with van der Waals surface area (Å²) in [5.74, 6) is 0.593. The summed E-state index contributed by atoms with van der Waals surface area (Å²) in [6, 6.07) is 11.9. The highest BCUT2D eigenvalue weighted by Crippen LogP contribution is 2.29. The van der Waals surface area contributed by atoms with Crippen molar-refractivity contribution in [2.24, 2.45) is 0 Å². The fourth-order valence-electron chi connectivity index (χ4n) is 2.50. The average molecular weight is 380 g/mol. The predicted molar refractivity (Wildman–Crippen MR) is 97.2 cm³/mol. The van der Waals surface area contributed by atoms with E-state index in [1.807, 2.05) is 24.3 Å². The van der Waals surface area contributed by atoms with Gasteiger partial charge in [0.25, 0.3) is 0 Å². The summed E-state index contributed by atoms with van der Waals surface area (Å²) in [7, 11) is 3.35. The monoisotopic (exact) mass is 380 g/mol. The van der Waals surface area contributed by atoms with Crippen LogP contribution in [0.2, 0.25) is 0 Å². The quantitative estimate of drug-likeness (QED) is 0.793. The number of nitrogens with zero attached hydrogens (tertiary/aromatic N) is 1. The number of nitrogens with one attached hydrogen (secondary N) is 1. The van der Waals surface area contributed by atoms with Crippen molar-refractivity contribution in [1.29, 1.82) is 0 Å². The molecule has 0 aromatic heterocycles. The van der Waals surface area contributed by atoms with Crippen LogP contribution in [0.5, 0.6) is 5.75 Å². The van der Waals surface area contributed by atoms with E-state index in [2.05, 4.69) is 5.32 Å². The topological polar surface area (TPSA) is 41.6 Å². The highest BCUT2D eigenvalue weighted by Gasteiger charge is 2.30. The smallest absolute Gasteiger partial charge is 0.416 e. The van der Waals surface area contributed by atoms with Crippen molar-refractivity contribution in [1.82, 2.24) is 10.2 Å². The van der Waals surface area contributed by atoms with Gasteiger partial charge in [0.05, 0.1) is 18.7 Å². The lowest BCUT2D eigenvalue weighted by Crippen LogP contribution is -2.42. The van der Waals surface area contributed by atoms with E-state index in [4.69, 9.17) is 4.74 Å². The van der Waals surface area contributed by atoms with Gasteiger partial charge in [0.1, 0.15) is 5.75 Å². The number of halogens is 3. The number of likely N-dealkylation sites (N-methyl/N-ethyl adjacent to an activating group) is 1. The van der Waals surface area contributed by atoms with Crippen LogP contribution in [-0.4, -0.2) is 31.0 Å². The minimum absolute atomic E-state index is 0.153. The van der Waals surface area contributed by atoms with E-state index in [0.717, 1.165) is 23.4 Å². The Morgan fingerprint density at radius 3 is 2.15 bits per heavy atom. The van der Waals surface area contributed by atoms with Gasteiger partial charge < -0.3 is 10.1 Å². The number of alkyl halides is 3. The second-order valence-electron chi connectivity index (χ2n) is 6.35. The minimum Gasteiger partial charge on any atom is -0.497 e. The normalized spacial score (nSPS) is 12.7. The van der Waals surface area contributed by atoms with Crippen LogP contribution in [0.4, 0.5) is 13.2 Å². The summed E-state index contributed by atoms with van der Waals surface area (Å²) in [5.41, 5.74) is 0.973. The van der Waals surface area contributed by atoms with Gasteiger partial charge in [0.15, 0.2) is 0 Å². The predicted octanol–water partition coefficient (Wildman–Crippen LogP) is 3.85. The Morgan fingerprint density at radius 1 is 1.07 bits per heavy atom. The van der Waals surface area contributed by atoms with E-state index < -0.39 is 17.8 Å². The summed E-state index contributed by atoms with van der Waals surface area (Å²) >= 11 is 0. The first-order chi connectivity index (χ1) is 12.7. The third-order valence-electron chi connectivity index (χ3n) is 4.38. The van der Waals surface area contributed by atoms with Gasteiger partial charge in [-0.15, -0.1) is 0 Å². The molecule has 0 aliphatic heterocycles. The summed E-state index contributed by atoms with van der Waals surface area (Å²) in [6.45, 7) is 2.52. The molecule has 4 nitrogen and oxygen atoms in total. The molecule has 0 spiro atoms. The Balaban J connectivity index is 1.87. The number of benzene rings is 2. The van der Waals surface area contributed by atoms with Crippen LogP contribution in [0.15, 0.2) is 48.5 Å².